The van der Waals surface area contributed by atoms with E-state index in [9.17, 15) is 9.90 Å². The molecule has 1 aromatic rings. The summed E-state index contributed by atoms with van der Waals surface area (Å²) in [6.07, 6.45) is 1.52. The van der Waals surface area contributed by atoms with Crippen molar-refractivity contribution in [1.29, 1.82) is 0 Å². The fraction of sp³-hybridized carbons (Fsp3) is 0.643. The first-order chi connectivity index (χ1) is 10.5. The maximum atomic E-state index is 12.2. The molecule has 2 atom stereocenters. The summed E-state index contributed by atoms with van der Waals surface area (Å²) in [5.74, 6) is 0.285. The van der Waals surface area contributed by atoms with Crippen LogP contribution < -0.4 is 10.6 Å². The van der Waals surface area contributed by atoms with E-state index in [1.165, 1.54) is 6.20 Å². The van der Waals surface area contributed by atoms with Crippen molar-refractivity contribution < 1.29 is 14.6 Å². The summed E-state index contributed by atoms with van der Waals surface area (Å²) in [5.41, 5.74) is -0.631. The maximum Gasteiger partial charge on any atom is 0.289 e. The Hall–Kier alpha value is -1.77. The second-order valence-electron chi connectivity index (χ2n) is 5.56. The Kier molecular flexibility index (Phi) is 5.28. The average Bonchev–Trinajstić information content (AvgIpc) is 2.56. The summed E-state index contributed by atoms with van der Waals surface area (Å²) in [7, 11) is 3.65. The zero-order valence-electron chi connectivity index (χ0n) is 13.2. The number of anilines is 1. The fourth-order valence-electron chi connectivity index (χ4n) is 2.42. The number of nitrogens with zero attached hydrogens (tertiary/aromatic N) is 3. The van der Waals surface area contributed by atoms with Gasteiger partial charge in [-0.05, 0) is 20.0 Å². The molecule has 8 heteroatoms. The second kappa shape index (κ2) is 6.99. The number of nitrogens with one attached hydrogen (secondary N) is 2. The molecule has 22 heavy (non-hydrogen) atoms. The van der Waals surface area contributed by atoms with Gasteiger partial charge in [0.2, 0.25) is 5.82 Å². The molecule has 0 unspecified atom stereocenters. The van der Waals surface area contributed by atoms with Crippen LogP contribution in [0.15, 0.2) is 12.3 Å². The highest BCUT2D eigenvalue weighted by Gasteiger charge is 2.40. The van der Waals surface area contributed by atoms with Gasteiger partial charge in [0.1, 0.15) is 5.82 Å². The molecule has 1 fully saturated rings. The molecule has 3 N–H and O–H groups in total. The first-order valence-electron chi connectivity index (χ1n) is 7.23. The molecule has 1 amide bonds. The fourth-order valence-corrected chi connectivity index (χ4v) is 2.42. The number of hydrogen-bond acceptors (Lipinski definition) is 7. The molecule has 2 heterocycles. The number of aliphatic hydroxyl groups is 1. The Bertz CT molecular complexity index is 527. The minimum absolute atomic E-state index is 0.0902. The van der Waals surface area contributed by atoms with Crippen molar-refractivity contribution >= 4 is 11.7 Å². The molecule has 1 aliphatic heterocycles. The summed E-state index contributed by atoms with van der Waals surface area (Å²) in [4.78, 5) is 22.3. The van der Waals surface area contributed by atoms with Crippen LogP contribution in [-0.2, 0) is 4.74 Å². The zero-order valence-corrected chi connectivity index (χ0v) is 13.2. The SMILES string of the molecule is CNc1ccnc(C(=O)NC[C@]2(CO)COC[C@@H](C)N2C)n1. The van der Waals surface area contributed by atoms with Crippen LogP contribution >= 0.6 is 0 Å². The van der Waals surface area contributed by atoms with Gasteiger partial charge in [0, 0.05) is 25.8 Å². The van der Waals surface area contributed by atoms with Gasteiger partial charge in [-0.1, -0.05) is 0 Å². The summed E-state index contributed by atoms with van der Waals surface area (Å²) in [5, 5.41) is 15.4. The van der Waals surface area contributed by atoms with Crippen LogP contribution in [0.2, 0.25) is 0 Å². The molecule has 1 saturated heterocycles. The van der Waals surface area contributed by atoms with Crippen molar-refractivity contribution in [2.45, 2.75) is 18.5 Å². The van der Waals surface area contributed by atoms with Gasteiger partial charge in [-0.25, -0.2) is 9.97 Å². The number of hydrogen-bond donors (Lipinski definition) is 3. The number of morpholine rings is 1. The monoisotopic (exact) mass is 309 g/mol. The third-order valence-corrected chi connectivity index (χ3v) is 4.13. The van der Waals surface area contributed by atoms with E-state index in [4.69, 9.17) is 4.74 Å². The summed E-state index contributed by atoms with van der Waals surface area (Å²) >= 11 is 0. The topological polar surface area (TPSA) is 99.6 Å². The number of amides is 1. The van der Waals surface area contributed by atoms with Crippen molar-refractivity contribution in [2.24, 2.45) is 0 Å². The Balaban J connectivity index is 2.05. The molecule has 0 saturated carbocycles. The predicted octanol–water partition coefficient (Wildman–Crippen LogP) is -0.670. The minimum atomic E-state index is -0.631. The van der Waals surface area contributed by atoms with Crippen LogP contribution in [0.3, 0.4) is 0 Å². The van der Waals surface area contributed by atoms with Crippen molar-refractivity contribution in [3.05, 3.63) is 18.1 Å². The van der Waals surface area contributed by atoms with Gasteiger partial charge in [0.25, 0.3) is 5.91 Å². The maximum absolute atomic E-state index is 12.2. The standard InChI is InChI=1S/C14H23N5O3/c1-10-6-22-9-14(8-20,19(10)3)7-17-13(21)12-16-5-4-11(15-2)18-12/h4-5,10,20H,6-9H2,1-3H3,(H,17,21)(H,15,16,18)/t10-,14+/m1/s1. The van der Waals surface area contributed by atoms with E-state index in [0.29, 0.717) is 19.0 Å². The zero-order chi connectivity index (χ0) is 16.2. The molecule has 0 aromatic carbocycles. The molecular formula is C14H23N5O3. The minimum Gasteiger partial charge on any atom is -0.394 e. The first kappa shape index (κ1) is 16.6. The molecule has 0 aliphatic carbocycles. The Labute approximate surface area is 129 Å². The smallest absolute Gasteiger partial charge is 0.289 e. The summed E-state index contributed by atoms with van der Waals surface area (Å²) in [6, 6.07) is 1.85. The molecule has 0 bridgehead atoms. The van der Waals surface area contributed by atoms with Gasteiger partial charge in [0.05, 0.1) is 25.4 Å². The van der Waals surface area contributed by atoms with E-state index in [1.54, 1.807) is 13.1 Å². The lowest BCUT2D eigenvalue weighted by atomic mass is 9.96. The highest BCUT2D eigenvalue weighted by atomic mass is 16.5. The largest absolute Gasteiger partial charge is 0.394 e. The Morgan fingerprint density at radius 1 is 1.64 bits per heavy atom. The number of ether oxygens (including phenoxy) is 1. The number of carbonyl (C=O) groups excluding carboxylic acids is 1. The van der Waals surface area contributed by atoms with Gasteiger partial charge in [-0.15, -0.1) is 0 Å². The van der Waals surface area contributed by atoms with E-state index in [1.807, 2.05) is 18.9 Å². The number of likely N-dealkylation sites (N-methyl/N-ethyl adjacent to an activating group) is 1. The Morgan fingerprint density at radius 3 is 3.09 bits per heavy atom. The van der Waals surface area contributed by atoms with Crippen LogP contribution in [0.5, 0.6) is 0 Å². The molecule has 122 valence electrons. The van der Waals surface area contributed by atoms with Crippen LogP contribution in [0.25, 0.3) is 0 Å². The van der Waals surface area contributed by atoms with Crippen LogP contribution in [-0.4, -0.2) is 77.9 Å². The number of aromatic nitrogens is 2. The van der Waals surface area contributed by atoms with E-state index < -0.39 is 5.54 Å². The third-order valence-electron chi connectivity index (χ3n) is 4.13. The Morgan fingerprint density at radius 2 is 2.41 bits per heavy atom. The second-order valence-corrected chi connectivity index (χ2v) is 5.56. The van der Waals surface area contributed by atoms with Crippen molar-refractivity contribution in [1.82, 2.24) is 20.2 Å². The lowest BCUT2D eigenvalue weighted by Crippen LogP contribution is -2.65. The van der Waals surface area contributed by atoms with Crippen molar-refractivity contribution in [2.75, 3.05) is 45.8 Å². The van der Waals surface area contributed by atoms with Crippen LogP contribution in [0.4, 0.5) is 5.82 Å². The molecular weight excluding hydrogens is 286 g/mol. The molecule has 2 rings (SSSR count). The van der Waals surface area contributed by atoms with Crippen molar-refractivity contribution in [3.63, 3.8) is 0 Å². The van der Waals surface area contributed by atoms with E-state index in [0.717, 1.165) is 0 Å². The van der Waals surface area contributed by atoms with Gasteiger partial charge in [-0.3, -0.25) is 9.69 Å². The lowest BCUT2D eigenvalue weighted by Gasteiger charge is -2.47. The summed E-state index contributed by atoms with van der Waals surface area (Å²) < 4.78 is 5.54. The normalized spacial score (nSPS) is 25.7. The molecule has 0 spiro atoms. The van der Waals surface area contributed by atoms with Crippen LogP contribution in [0, 0.1) is 0 Å². The van der Waals surface area contributed by atoms with Gasteiger partial charge in [0.15, 0.2) is 0 Å². The van der Waals surface area contributed by atoms with Crippen LogP contribution in [0.1, 0.15) is 17.5 Å². The highest BCUT2D eigenvalue weighted by Crippen LogP contribution is 2.21. The molecule has 1 aliphatic rings. The van der Waals surface area contributed by atoms with Crippen molar-refractivity contribution in [3.8, 4) is 0 Å². The van der Waals surface area contributed by atoms with E-state index >= 15 is 0 Å². The quantitative estimate of drug-likeness (QED) is 0.663. The predicted molar refractivity (Wildman–Crippen MR) is 81.8 cm³/mol. The van der Waals surface area contributed by atoms with E-state index in [2.05, 4.69) is 20.6 Å². The van der Waals surface area contributed by atoms with Gasteiger partial charge in [-0.2, -0.15) is 0 Å². The number of aliphatic hydroxyl groups excluding tert-OH is 1. The molecule has 8 nitrogen and oxygen atoms in total. The molecule has 1 aromatic heterocycles. The molecule has 0 radical (unpaired) electrons. The first-order valence-corrected chi connectivity index (χ1v) is 7.23. The number of carbonyl (C=O) groups is 1. The van der Waals surface area contributed by atoms with Gasteiger partial charge >= 0.3 is 0 Å². The highest BCUT2D eigenvalue weighted by molar-refractivity contribution is 5.90. The number of rotatable bonds is 5. The van der Waals surface area contributed by atoms with Gasteiger partial charge < -0.3 is 20.5 Å². The summed E-state index contributed by atoms with van der Waals surface area (Å²) in [6.45, 7) is 3.15. The van der Waals surface area contributed by atoms with E-state index in [-0.39, 0.29) is 30.9 Å². The average molecular weight is 309 g/mol. The third kappa shape index (κ3) is 3.34. The lowest BCUT2D eigenvalue weighted by molar-refractivity contribution is -0.105.